The number of nitrogens with zero attached hydrogens (tertiary/aromatic N) is 1. The fourth-order valence-corrected chi connectivity index (χ4v) is 5.80. The molecule has 1 amide bonds. The molecule has 2 atom stereocenters. The van der Waals surface area contributed by atoms with Gasteiger partial charge in [0, 0.05) is 30.1 Å². The Morgan fingerprint density at radius 1 is 1.07 bits per heavy atom. The van der Waals surface area contributed by atoms with Crippen LogP contribution < -0.4 is 5.32 Å². The normalized spacial score (nSPS) is 20.1. The lowest BCUT2D eigenvalue weighted by Crippen LogP contribution is -2.48. The largest absolute Gasteiger partial charge is 0.373 e. The van der Waals surface area contributed by atoms with Crippen LogP contribution in [0.1, 0.15) is 30.6 Å². The summed E-state index contributed by atoms with van der Waals surface area (Å²) in [6.45, 7) is 4.96. The van der Waals surface area contributed by atoms with Crippen molar-refractivity contribution in [2.45, 2.75) is 42.3 Å². The second-order valence-electron chi connectivity index (χ2n) is 7.37. The van der Waals surface area contributed by atoms with Gasteiger partial charge in [0.05, 0.1) is 17.1 Å². The molecule has 0 bridgehead atoms. The number of amides is 1. The highest BCUT2D eigenvalue weighted by Crippen LogP contribution is 2.21. The van der Waals surface area contributed by atoms with Gasteiger partial charge in [0.15, 0.2) is 0 Å². The summed E-state index contributed by atoms with van der Waals surface area (Å²) in [5.41, 5.74) is 0.452. The number of rotatable bonds is 8. The average Bonchev–Trinajstić information content (AvgIpc) is 2.73. The van der Waals surface area contributed by atoms with E-state index in [1.807, 2.05) is 32.0 Å². The van der Waals surface area contributed by atoms with E-state index in [0.717, 1.165) is 12.2 Å². The Bertz CT molecular complexity index is 923. The third-order valence-corrected chi connectivity index (χ3v) is 7.70. The lowest BCUT2D eigenvalue weighted by Gasteiger charge is -2.34. The Labute approximate surface area is 183 Å². The van der Waals surface area contributed by atoms with Crippen molar-refractivity contribution in [3.05, 3.63) is 60.2 Å². The highest BCUT2D eigenvalue weighted by molar-refractivity contribution is 7.99. The summed E-state index contributed by atoms with van der Waals surface area (Å²) >= 11 is 1.75. The Morgan fingerprint density at radius 2 is 1.70 bits per heavy atom. The number of hydrogen-bond donors (Lipinski definition) is 1. The van der Waals surface area contributed by atoms with Gasteiger partial charge < -0.3 is 10.1 Å². The molecule has 1 N–H and O–H groups in total. The number of morpholine rings is 1. The number of carbonyl (C=O) groups is 1. The van der Waals surface area contributed by atoms with Crippen LogP contribution in [0.5, 0.6) is 0 Å². The number of ether oxygens (including phenoxy) is 1. The number of benzene rings is 2. The maximum Gasteiger partial charge on any atom is 0.251 e. The molecule has 3 rings (SSSR count). The zero-order valence-electron chi connectivity index (χ0n) is 17.3. The maximum atomic E-state index is 12.9. The average molecular weight is 449 g/mol. The predicted octanol–water partition coefficient (Wildman–Crippen LogP) is 3.40. The van der Waals surface area contributed by atoms with Crippen LogP contribution in [0, 0.1) is 0 Å². The third-order valence-electron chi connectivity index (χ3n) is 4.76. The molecule has 1 fully saturated rings. The maximum absolute atomic E-state index is 12.9. The number of nitrogens with one attached hydrogen (secondary N) is 1. The first-order valence-electron chi connectivity index (χ1n) is 10.1. The van der Waals surface area contributed by atoms with Gasteiger partial charge in [-0.2, -0.15) is 4.31 Å². The molecule has 2 aromatic rings. The Balaban J connectivity index is 1.50. The summed E-state index contributed by atoms with van der Waals surface area (Å²) in [6.07, 6.45) is 0.563. The number of sulfonamides is 1. The van der Waals surface area contributed by atoms with Crippen LogP contribution in [0.3, 0.4) is 0 Å². The van der Waals surface area contributed by atoms with E-state index in [0.29, 0.717) is 25.2 Å². The molecule has 2 unspecified atom stereocenters. The summed E-state index contributed by atoms with van der Waals surface area (Å²) in [5, 5.41) is 2.89. The molecule has 0 aliphatic carbocycles. The van der Waals surface area contributed by atoms with Gasteiger partial charge in [-0.15, -0.1) is 11.8 Å². The molecule has 162 valence electrons. The van der Waals surface area contributed by atoms with E-state index < -0.39 is 10.0 Å². The van der Waals surface area contributed by atoms with E-state index in [-0.39, 0.29) is 23.0 Å². The number of thioether (sulfide) groups is 1. The van der Waals surface area contributed by atoms with Crippen molar-refractivity contribution in [2.75, 3.05) is 25.4 Å². The van der Waals surface area contributed by atoms with Crippen LogP contribution in [0.4, 0.5) is 0 Å². The van der Waals surface area contributed by atoms with E-state index in [1.165, 1.54) is 21.3 Å². The molecule has 8 heteroatoms. The van der Waals surface area contributed by atoms with Gasteiger partial charge in [-0.05, 0) is 62.4 Å². The monoisotopic (exact) mass is 448 g/mol. The van der Waals surface area contributed by atoms with E-state index in [4.69, 9.17) is 4.74 Å². The quantitative estimate of drug-likeness (QED) is 0.495. The van der Waals surface area contributed by atoms with Crippen molar-refractivity contribution < 1.29 is 17.9 Å². The zero-order chi connectivity index (χ0) is 21.6. The van der Waals surface area contributed by atoms with E-state index in [9.17, 15) is 13.2 Å². The molecule has 30 heavy (non-hydrogen) atoms. The standard InChI is InChI=1S/C22H28N2O4S2/c1-17-15-24(16-18(2)28-17)30(26,27)21-11-9-19(10-12-21)22(25)23-13-6-14-29-20-7-4-3-5-8-20/h3-5,7-12,17-18H,6,13-16H2,1-2H3,(H,23,25). The van der Waals surface area contributed by atoms with Crippen LogP contribution in [-0.4, -0.2) is 56.2 Å². The van der Waals surface area contributed by atoms with Gasteiger partial charge in [0.1, 0.15) is 0 Å². The smallest absolute Gasteiger partial charge is 0.251 e. The molecular formula is C22H28N2O4S2. The van der Waals surface area contributed by atoms with Gasteiger partial charge in [-0.1, -0.05) is 18.2 Å². The first-order valence-corrected chi connectivity index (χ1v) is 12.5. The third kappa shape index (κ3) is 6.07. The SMILES string of the molecule is CC1CN(S(=O)(=O)c2ccc(C(=O)NCCCSc3ccccc3)cc2)CC(C)O1. The van der Waals surface area contributed by atoms with Gasteiger partial charge >= 0.3 is 0 Å². The van der Waals surface area contributed by atoms with Crippen molar-refractivity contribution in [1.82, 2.24) is 9.62 Å². The fourth-order valence-electron chi connectivity index (χ4n) is 3.34. The van der Waals surface area contributed by atoms with Gasteiger partial charge in [0.25, 0.3) is 5.91 Å². The zero-order valence-corrected chi connectivity index (χ0v) is 18.9. The first-order chi connectivity index (χ1) is 14.4. The Morgan fingerprint density at radius 3 is 2.33 bits per heavy atom. The minimum atomic E-state index is -3.60. The van der Waals surface area contributed by atoms with E-state index in [1.54, 1.807) is 23.9 Å². The number of hydrogen-bond acceptors (Lipinski definition) is 5. The Hall–Kier alpha value is -1.87. The summed E-state index contributed by atoms with van der Waals surface area (Å²) in [4.78, 5) is 13.7. The van der Waals surface area contributed by atoms with Crippen LogP contribution in [0.25, 0.3) is 0 Å². The first kappa shape index (κ1) is 22.8. The number of carbonyl (C=O) groups excluding carboxylic acids is 1. The van der Waals surface area contributed by atoms with Crippen molar-refractivity contribution in [3.8, 4) is 0 Å². The predicted molar refractivity (Wildman–Crippen MR) is 119 cm³/mol. The minimum Gasteiger partial charge on any atom is -0.373 e. The van der Waals surface area contributed by atoms with Gasteiger partial charge in [-0.3, -0.25) is 4.79 Å². The topological polar surface area (TPSA) is 75.7 Å². The molecule has 0 spiro atoms. The molecule has 2 aromatic carbocycles. The second-order valence-corrected chi connectivity index (χ2v) is 10.5. The highest BCUT2D eigenvalue weighted by atomic mass is 32.2. The van der Waals surface area contributed by atoms with Gasteiger partial charge in [0.2, 0.25) is 10.0 Å². The molecule has 1 saturated heterocycles. The van der Waals surface area contributed by atoms with Crippen LogP contribution in [0.2, 0.25) is 0 Å². The molecule has 0 radical (unpaired) electrons. The van der Waals surface area contributed by atoms with Crippen LogP contribution >= 0.6 is 11.8 Å². The van der Waals surface area contributed by atoms with E-state index in [2.05, 4.69) is 17.4 Å². The summed E-state index contributed by atoms with van der Waals surface area (Å²) in [5.74, 6) is 0.718. The molecule has 1 aliphatic rings. The highest BCUT2D eigenvalue weighted by Gasteiger charge is 2.32. The van der Waals surface area contributed by atoms with Crippen LogP contribution in [0.15, 0.2) is 64.4 Å². The van der Waals surface area contributed by atoms with Gasteiger partial charge in [-0.25, -0.2) is 8.42 Å². The van der Waals surface area contributed by atoms with Crippen LogP contribution in [-0.2, 0) is 14.8 Å². The molecule has 1 heterocycles. The van der Waals surface area contributed by atoms with Crippen molar-refractivity contribution in [2.24, 2.45) is 0 Å². The summed E-state index contributed by atoms with van der Waals surface area (Å²) in [7, 11) is -3.60. The summed E-state index contributed by atoms with van der Waals surface area (Å²) in [6, 6.07) is 16.3. The molecule has 0 aromatic heterocycles. The fraction of sp³-hybridized carbons (Fsp3) is 0.409. The lowest BCUT2D eigenvalue weighted by molar-refractivity contribution is -0.0440. The molecule has 6 nitrogen and oxygen atoms in total. The second kappa shape index (κ2) is 10.4. The minimum absolute atomic E-state index is 0.145. The summed E-state index contributed by atoms with van der Waals surface area (Å²) < 4.78 is 32.8. The van der Waals surface area contributed by atoms with E-state index >= 15 is 0 Å². The van der Waals surface area contributed by atoms with Crippen molar-refractivity contribution in [1.29, 1.82) is 0 Å². The van der Waals surface area contributed by atoms with Crippen molar-refractivity contribution >= 4 is 27.7 Å². The molecular weight excluding hydrogens is 420 g/mol. The Kier molecular flexibility index (Phi) is 7.93. The van der Waals surface area contributed by atoms with Crippen molar-refractivity contribution in [3.63, 3.8) is 0 Å². The molecule has 1 aliphatic heterocycles. The lowest BCUT2D eigenvalue weighted by atomic mass is 10.2. The molecule has 0 saturated carbocycles.